The Kier molecular flexibility index (Phi) is 5.75. The van der Waals surface area contributed by atoms with Gasteiger partial charge in [-0.1, -0.05) is 29.3 Å². The third-order valence-electron chi connectivity index (χ3n) is 4.82. The Hall–Kier alpha value is -2.79. The topological polar surface area (TPSA) is 60.3 Å². The first-order chi connectivity index (χ1) is 13.4. The van der Waals surface area contributed by atoms with E-state index in [1.807, 2.05) is 32.9 Å². The molecule has 0 atom stereocenters. The van der Waals surface area contributed by atoms with Gasteiger partial charge in [-0.3, -0.25) is 14.2 Å². The molecular formula is C22H23ClN2O3. The van der Waals surface area contributed by atoms with Crippen molar-refractivity contribution in [2.75, 3.05) is 13.7 Å². The van der Waals surface area contributed by atoms with Gasteiger partial charge in [-0.15, -0.1) is 0 Å². The monoisotopic (exact) mass is 398 g/mol. The van der Waals surface area contributed by atoms with Crippen molar-refractivity contribution in [2.24, 2.45) is 0 Å². The van der Waals surface area contributed by atoms with Gasteiger partial charge in [0.2, 0.25) is 5.91 Å². The minimum Gasteiger partial charge on any atom is -0.495 e. The quantitative estimate of drug-likeness (QED) is 0.697. The molecule has 6 heteroatoms. The number of aromatic nitrogens is 1. The smallest absolute Gasteiger partial charge is 0.262 e. The number of likely N-dealkylation sites (N-methyl/N-ethyl adjacent to an activating group) is 1. The van der Waals surface area contributed by atoms with Crippen molar-refractivity contribution in [1.29, 1.82) is 0 Å². The largest absolute Gasteiger partial charge is 0.495 e. The SMILES string of the molecule is CCNC(=O)Cc1c(C)n(C(=O)c2ccc(C)cc2)c2cc(Cl)c(OC)cc12. The molecule has 0 fully saturated rings. The molecule has 3 aromatic rings. The van der Waals surface area contributed by atoms with Gasteiger partial charge in [-0.2, -0.15) is 0 Å². The summed E-state index contributed by atoms with van der Waals surface area (Å²) in [6, 6.07) is 10.9. The van der Waals surface area contributed by atoms with E-state index in [1.165, 1.54) is 7.11 Å². The number of hydrogen-bond donors (Lipinski definition) is 1. The fraction of sp³-hybridized carbons (Fsp3) is 0.273. The summed E-state index contributed by atoms with van der Waals surface area (Å²) < 4.78 is 6.97. The Labute approximate surface area is 169 Å². The van der Waals surface area contributed by atoms with Crippen LogP contribution in [0.1, 0.15) is 34.1 Å². The van der Waals surface area contributed by atoms with Crippen LogP contribution < -0.4 is 10.1 Å². The summed E-state index contributed by atoms with van der Waals surface area (Å²) in [6.07, 6.45) is 0.176. The number of ether oxygens (including phenoxy) is 1. The van der Waals surface area contributed by atoms with Crippen LogP contribution in [0.25, 0.3) is 10.9 Å². The summed E-state index contributed by atoms with van der Waals surface area (Å²) in [5.41, 5.74) is 3.82. The number of fused-ring (bicyclic) bond motifs is 1. The second-order valence-corrected chi connectivity index (χ2v) is 7.11. The first-order valence-corrected chi connectivity index (χ1v) is 9.50. The summed E-state index contributed by atoms with van der Waals surface area (Å²) in [4.78, 5) is 25.5. The van der Waals surface area contributed by atoms with Gasteiger partial charge in [0.15, 0.2) is 0 Å². The lowest BCUT2D eigenvalue weighted by atomic mass is 10.1. The highest BCUT2D eigenvalue weighted by Gasteiger charge is 2.23. The van der Waals surface area contributed by atoms with Crippen molar-refractivity contribution < 1.29 is 14.3 Å². The second-order valence-electron chi connectivity index (χ2n) is 6.70. The van der Waals surface area contributed by atoms with Crippen LogP contribution in [0.4, 0.5) is 0 Å². The van der Waals surface area contributed by atoms with Gasteiger partial charge in [0.05, 0.1) is 24.1 Å². The Morgan fingerprint density at radius 3 is 2.43 bits per heavy atom. The second kappa shape index (κ2) is 8.07. The minimum absolute atomic E-state index is 0.0960. The molecule has 0 aliphatic carbocycles. The molecule has 0 spiro atoms. The molecule has 0 radical (unpaired) electrons. The van der Waals surface area contributed by atoms with Gasteiger partial charge in [-0.25, -0.2) is 0 Å². The maximum atomic E-state index is 13.3. The Morgan fingerprint density at radius 1 is 1.14 bits per heavy atom. The predicted molar refractivity (Wildman–Crippen MR) is 112 cm³/mol. The Morgan fingerprint density at radius 2 is 1.82 bits per heavy atom. The summed E-state index contributed by atoms with van der Waals surface area (Å²) in [7, 11) is 1.54. The highest BCUT2D eigenvalue weighted by atomic mass is 35.5. The maximum absolute atomic E-state index is 13.3. The summed E-state index contributed by atoms with van der Waals surface area (Å²) in [5.74, 6) is 0.249. The number of hydrogen-bond acceptors (Lipinski definition) is 3. The molecule has 1 amide bonds. The Bertz CT molecular complexity index is 1050. The first kappa shape index (κ1) is 20.0. The zero-order valence-corrected chi connectivity index (χ0v) is 17.2. The van der Waals surface area contributed by atoms with E-state index < -0.39 is 0 Å². The lowest BCUT2D eigenvalue weighted by Crippen LogP contribution is -2.24. The summed E-state index contributed by atoms with van der Waals surface area (Å²) in [6.45, 7) is 6.24. The van der Waals surface area contributed by atoms with Gasteiger partial charge < -0.3 is 10.1 Å². The van der Waals surface area contributed by atoms with Crippen LogP contribution in [0.5, 0.6) is 5.75 Å². The van der Waals surface area contributed by atoms with E-state index in [9.17, 15) is 9.59 Å². The van der Waals surface area contributed by atoms with Crippen molar-refractivity contribution in [1.82, 2.24) is 9.88 Å². The fourth-order valence-corrected chi connectivity index (χ4v) is 3.60. The van der Waals surface area contributed by atoms with Crippen LogP contribution in [0.15, 0.2) is 36.4 Å². The highest BCUT2D eigenvalue weighted by Crippen LogP contribution is 2.35. The van der Waals surface area contributed by atoms with Crippen LogP contribution in [0, 0.1) is 13.8 Å². The van der Waals surface area contributed by atoms with E-state index in [1.54, 1.807) is 28.8 Å². The number of nitrogens with one attached hydrogen (secondary N) is 1. The predicted octanol–water partition coefficient (Wildman–Crippen LogP) is 4.29. The minimum atomic E-state index is -0.161. The van der Waals surface area contributed by atoms with Crippen LogP contribution in [0.2, 0.25) is 5.02 Å². The van der Waals surface area contributed by atoms with Crippen molar-refractivity contribution >= 4 is 34.3 Å². The zero-order valence-electron chi connectivity index (χ0n) is 16.4. The number of nitrogens with zero attached hydrogens (tertiary/aromatic N) is 1. The molecule has 0 aliphatic rings. The Balaban J connectivity index is 2.22. The molecule has 3 rings (SSSR count). The van der Waals surface area contributed by atoms with Crippen LogP contribution >= 0.6 is 11.6 Å². The fourth-order valence-electron chi connectivity index (χ4n) is 3.37. The van der Waals surface area contributed by atoms with Gasteiger partial charge in [0, 0.05) is 23.2 Å². The molecule has 0 saturated heterocycles. The molecule has 146 valence electrons. The molecule has 1 N–H and O–H groups in total. The van der Waals surface area contributed by atoms with Crippen LogP contribution in [0.3, 0.4) is 0 Å². The van der Waals surface area contributed by atoms with Gasteiger partial charge in [-0.05, 0) is 50.6 Å². The number of amides is 1. The van der Waals surface area contributed by atoms with Crippen molar-refractivity contribution in [3.8, 4) is 5.75 Å². The van der Waals surface area contributed by atoms with Crippen molar-refractivity contribution in [3.05, 3.63) is 63.8 Å². The average Bonchev–Trinajstić information content (AvgIpc) is 2.92. The van der Waals surface area contributed by atoms with Crippen LogP contribution in [-0.4, -0.2) is 30.0 Å². The zero-order chi connectivity index (χ0) is 20.4. The number of methoxy groups -OCH3 is 1. The van der Waals surface area contributed by atoms with E-state index in [2.05, 4.69) is 5.32 Å². The average molecular weight is 399 g/mol. The number of halogens is 1. The molecule has 2 aromatic carbocycles. The number of carbonyl (C=O) groups excluding carboxylic acids is 2. The molecule has 1 aromatic heterocycles. The highest BCUT2D eigenvalue weighted by molar-refractivity contribution is 6.33. The molecule has 0 saturated carbocycles. The van der Waals surface area contributed by atoms with E-state index in [0.29, 0.717) is 28.4 Å². The van der Waals surface area contributed by atoms with Crippen LogP contribution in [-0.2, 0) is 11.2 Å². The van der Waals surface area contributed by atoms with Gasteiger partial charge in [0.1, 0.15) is 5.75 Å². The third kappa shape index (κ3) is 3.62. The maximum Gasteiger partial charge on any atom is 0.262 e. The summed E-state index contributed by atoms with van der Waals surface area (Å²) in [5, 5.41) is 4.01. The van der Waals surface area contributed by atoms with E-state index in [4.69, 9.17) is 16.3 Å². The summed E-state index contributed by atoms with van der Waals surface area (Å²) >= 11 is 6.33. The van der Waals surface area contributed by atoms with E-state index >= 15 is 0 Å². The normalized spacial score (nSPS) is 10.9. The molecule has 0 bridgehead atoms. The lowest BCUT2D eigenvalue weighted by molar-refractivity contribution is -0.120. The number of rotatable bonds is 5. The number of aryl methyl sites for hydroxylation is 1. The molecule has 28 heavy (non-hydrogen) atoms. The van der Waals surface area contributed by atoms with Crippen molar-refractivity contribution in [3.63, 3.8) is 0 Å². The molecule has 5 nitrogen and oxygen atoms in total. The lowest BCUT2D eigenvalue weighted by Gasteiger charge is -2.09. The number of benzene rings is 2. The van der Waals surface area contributed by atoms with Gasteiger partial charge in [0.25, 0.3) is 5.91 Å². The van der Waals surface area contributed by atoms with Crippen molar-refractivity contribution in [2.45, 2.75) is 27.2 Å². The van der Waals surface area contributed by atoms with E-state index in [-0.39, 0.29) is 18.2 Å². The molecule has 0 unspecified atom stereocenters. The van der Waals surface area contributed by atoms with E-state index in [0.717, 1.165) is 22.2 Å². The molecular weight excluding hydrogens is 376 g/mol. The third-order valence-corrected chi connectivity index (χ3v) is 5.12. The van der Waals surface area contributed by atoms with Gasteiger partial charge >= 0.3 is 0 Å². The first-order valence-electron chi connectivity index (χ1n) is 9.12. The number of carbonyl (C=O) groups is 2. The molecule has 0 aliphatic heterocycles. The molecule has 1 heterocycles. The standard InChI is InChI=1S/C22H23ClN2O3/c1-5-24-21(26)11-16-14(3)25(22(27)15-8-6-13(2)7-9-15)19-12-18(23)20(28-4)10-17(16)19/h6-10,12H,5,11H2,1-4H3,(H,24,26).